The number of phenolic OH excluding ortho intramolecular Hbond substituents is 1. The molecule has 0 spiro atoms. The average Bonchev–Trinajstić information content (AvgIpc) is 2.77. The number of aliphatic carboxylic acids is 2. The van der Waals surface area contributed by atoms with Gasteiger partial charge in [0.1, 0.15) is 23.1 Å². The number of carboxylic acid groups (broad SMARTS) is 2. The van der Waals surface area contributed by atoms with Crippen LogP contribution in [0.15, 0.2) is 42.5 Å². The number of hydrogen-bond donors (Lipinski definition) is 6. The smallest absolute Gasteiger partial charge is 0.328 e. The molecule has 36 heavy (non-hydrogen) atoms. The molecule has 1 amide bonds. The predicted molar refractivity (Wildman–Crippen MR) is 124 cm³/mol. The highest BCUT2D eigenvalue weighted by Gasteiger charge is 2.26. The predicted octanol–water partition coefficient (Wildman–Crippen LogP) is 2.36. The third kappa shape index (κ3) is 8.64. The Bertz CT molecular complexity index is 1150. The number of phenols is 1. The number of benzene rings is 2. The van der Waals surface area contributed by atoms with E-state index >= 15 is 0 Å². The number of anilines is 1. The summed E-state index contributed by atoms with van der Waals surface area (Å²) in [5.41, 5.74) is 0.365. The summed E-state index contributed by atoms with van der Waals surface area (Å²) in [5.74, 6) is -3.94. The molecule has 1 aliphatic rings. The second-order valence-corrected chi connectivity index (χ2v) is 8.45. The lowest BCUT2D eigenvalue weighted by atomic mass is 9.94. The van der Waals surface area contributed by atoms with Crippen molar-refractivity contribution in [3.05, 3.63) is 65.2 Å². The van der Waals surface area contributed by atoms with Gasteiger partial charge in [-0.2, -0.15) is 0 Å². The lowest BCUT2D eigenvalue weighted by Crippen LogP contribution is -2.43. The van der Waals surface area contributed by atoms with E-state index in [0.717, 1.165) is 6.07 Å². The fourth-order valence-electron chi connectivity index (χ4n) is 3.29. The zero-order valence-electron chi connectivity index (χ0n) is 19.4. The van der Waals surface area contributed by atoms with Crippen LogP contribution in [0, 0.1) is 11.6 Å². The molecule has 3 rings (SSSR count). The van der Waals surface area contributed by atoms with Crippen molar-refractivity contribution in [3.63, 3.8) is 0 Å². The van der Waals surface area contributed by atoms with Gasteiger partial charge in [0.25, 0.3) is 5.91 Å². The number of amides is 1. The number of ether oxygens (including phenoxy) is 1. The second-order valence-electron chi connectivity index (χ2n) is 8.45. The molecule has 2 aromatic carbocycles. The molecule has 0 saturated heterocycles. The van der Waals surface area contributed by atoms with Crippen LogP contribution in [0.4, 0.5) is 14.5 Å². The van der Waals surface area contributed by atoms with Crippen LogP contribution in [0.25, 0.3) is 0 Å². The average molecular weight is 508 g/mol. The Kier molecular flexibility index (Phi) is 9.47. The SMILES string of the molecule is CC(C)(Cc1ccc(F)cc1F)NC[C@H](O)c1cc(O)cc2c1OCC(=O)N2.O=C(O)C=CC(=O)O. The van der Waals surface area contributed by atoms with E-state index in [1.165, 1.54) is 24.3 Å². The molecule has 1 aliphatic heterocycles. The van der Waals surface area contributed by atoms with Gasteiger partial charge in [0.2, 0.25) is 0 Å². The zero-order valence-corrected chi connectivity index (χ0v) is 19.4. The summed E-state index contributed by atoms with van der Waals surface area (Å²) in [5, 5.41) is 41.8. The van der Waals surface area contributed by atoms with Crippen LogP contribution in [0.3, 0.4) is 0 Å². The van der Waals surface area contributed by atoms with Crippen LogP contribution in [-0.2, 0) is 20.8 Å². The van der Waals surface area contributed by atoms with Gasteiger partial charge in [-0.3, -0.25) is 4.79 Å². The summed E-state index contributed by atoms with van der Waals surface area (Å²) < 4.78 is 32.4. The molecule has 1 heterocycles. The van der Waals surface area contributed by atoms with Crippen molar-refractivity contribution >= 4 is 23.5 Å². The first-order valence-corrected chi connectivity index (χ1v) is 10.6. The highest BCUT2D eigenvalue weighted by molar-refractivity contribution is 5.96. The molecule has 2 aromatic rings. The number of nitrogens with one attached hydrogen (secondary N) is 2. The summed E-state index contributed by atoms with van der Waals surface area (Å²) in [6.07, 6.45) is 0.342. The molecule has 12 heteroatoms. The molecule has 10 nitrogen and oxygen atoms in total. The number of carboxylic acids is 2. The van der Waals surface area contributed by atoms with E-state index in [2.05, 4.69) is 10.6 Å². The van der Waals surface area contributed by atoms with Crippen LogP contribution >= 0.6 is 0 Å². The Balaban J connectivity index is 0.000000493. The Morgan fingerprint density at radius 3 is 2.39 bits per heavy atom. The topological polar surface area (TPSA) is 165 Å². The van der Waals surface area contributed by atoms with Crippen LogP contribution in [0.1, 0.15) is 31.1 Å². The monoisotopic (exact) mass is 508 g/mol. The molecule has 0 aliphatic carbocycles. The number of β-amino-alcohol motifs (C(OH)–C–C–N with tert-alkyl or cyclic N) is 1. The van der Waals surface area contributed by atoms with Crippen LogP contribution < -0.4 is 15.4 Å². The maximum absolute atomic E-state index is 13.9. The Labute approximate surface area is 204 Å². The van der Waals surface area contributed by atoms with E-state index in [4.69, 9.17) is 14.9 Å². The number of rotatable bonds is 8. The quantitative estimate of drug-likeness (QED) is 0.294. The summed E-state index contributed by atoms with van der Waals surface area (Å²) in [7, 11) is 0. The minimum absolute atomic E-state index is 0.0863. The maximum atomic E-state index is 13.9. The summed E-state index contributed by atoms with van der Waals surface area (Å²) in [6, 6.07) is 6.15. The van der Waals surface area contributed by atoms with Crippen molar-refractivity contribution in [3.8, 4) is 11.5 Å². The lowest BCUT2D eigenvalue weighted by Gasteiger charge is -2.29. The minimum Gasteiger partial charge on any atom is -0.508 e. The van der Waals surface area contributed by atoms with E-state index in [0.29, 0.717) is 29.0 Å². The first-order chi connectivity index (χ1) is 16.8. The number of aromatic hydroxyl groups is 1. The van der Waals surface area contributed by atoms with Crippen molar-refractivity contribution in [1.29, 1.82) is 0 Å². The Morgan fingerprint density at radius 2 is 1.81 bits per heavy atom. The third-order valence-electron chi connectivity index (χ3n) is 4.87. The van der Waals surface area contributed by atoms with Crippen molar-refractivity contribution in [1.82, 2.24) is 5.32 Å². The maximum Gasteiger partial charge on any atom is 0.328 e. The molecule has 0 aromatic heterocycles. The van der Waals surface area contributed by atoms with Crippen molar-refractivity contribution < 1.29 is 48.3 Å². The normalized spacial score (nSPS) is 13.6. The molecule has 1 atom stereocenters. The number of carbonyl (C=O) groups is 3. The van der Waals surface area contributed by atoms with Gasteiger partial charge in [-0.25, -0.2) is 18.4 Å². The Morgan fingerprint density at radius 1 is 1.17 bits per heavy atom. The van der Waals surface area contributed by atoms with Crippen LogP contribution in [0.5, 0.6) is 11.5 Å². The molecular formula is C24H26F2N2O8. The zero-order chi connectivity index (χ0) is 27.0. The second kappa shape index (κ2) is 12.1. The van der Waals surface area contributed by atoms with Crippen molar-refractivity contribution in [2.45, 2.75) is 31.9 Å². The van der Waals surface area contributed by atoms with Gasteiger partial charge in [0.05, 0.1) is 11.8 Å². The van der Waals surface area contributed by atoms with Crippen LogP contribution in [-0.4, -0.2) is 57.0 Å². The van der Waals surface area contributed by atoms with E-state index in [1.54, 1.807) is 0 Å². The van der Waals surface area contributed by atoms with Gasteiger partial charge in [0.15, 0.2) is 6.61 Å². The highest BCUT2D eigenvalue weighted by atomic mass is 19.1. The largest absolute Gasteiger partial charge is 0.508 e. The van der Waals surface area contributed by atoms with Gasteiger partial charge >= 0.3 is 11.9 Å². The van der Waals surface area contributed by atoms with Gasteiger partial charge in [-0.15, -0.1) is 0 Å². The number of fused-ring (bicyclic) bond motifs is 1. The Hall–Kier alpha value is -4.03. The van der Waals surface area contributed by atoms with E-state index < -0.39 is 35.2 Å². The standard InChI is InChI=1S/C20H22F2N2O4.C4H4O4/c1-20(2,8-11-3-4-12(21)5-15(11)22)23-9-17(26)14-6-13(25)7-16-19(14)28-10-18(27)24-16;5-3(6)1-2-4(7)8/h3-7,17,23,25-26H,8-10H2,1-2H3,(H,24,27);1-2H,(H,5,6)(H,7,8)/t17-;/m0./s1. The molecule has 6 N–H and O–H groups in total. The molecule has 0 fully saturated rings. The van der Waals surface area contributed by atoms with Crippen molar-refractivity contribution in [2.75, 3.05) is 18.5 Å². The fourth-order valence-corrected chi connectivity index (χ4v) is 3.29. The number of aliphatic hydroxyl groups is 1. The van der Waals surface area contributed by atoms with Crippen LogP contribution in [0.2, 0.25) is 0 Å². The van der Waals surface area contributed by atoms with Gasteiger partial charge < -0.3 is 35.8 Å². The summed E-state index contributed by atoms with van der Waals surface area (Å²) in [4.78, 5) is 30.6. The molecule has 0 bridgehead atoms. The van der Waals surface area contributed by atoms with Gasteiger partial charge in [0, 0.05) is 41.9 Å². The van der Waals surface area contributed by atoms with E-state index in [1.807, 2.05) is 13.8 Å². The van der Waals surface area contributed by atoms with Crippen molar-refractivity contribution in [2.24, 2.45) is 0 Å². The van der Waals surface area contributed by atoms with Gasteiger partial charge in [-0.05, 0) is 38.0 Å². The minimum atomic E-state index is -1.26. The van der Waals surface area contributed by atoms with E-state index in [-0.39, 0.29) is 36.9 Å². The fraction of sp³-hybridized carbons (Fsp3) is 0.292. The molecule has 194 valence electrons. The summed E-state index contributed by atoms with van der Waals surface area (Å²) in [6.45, 7) is 3.57. The molecule has 0 saturated carbocycles. The van der Waals surface area contributed by atoms with Gasteiger partial charge in [-0.1, -0.05) is 6.07 Å². The highest BCUT2D eigenvalue weighted by Crippen LogP contribution is 2.38. The molecular weight excluding hydrogens is 482 g/mol. The lowest BCUT2D eigenvalue weighted by molar-refractivity contribution is -0.134. The number of aliphatic hydroxyl groups excluding tert-OH is 1. The first kappa shape index (κ1) is 28.2. The first-order valence-electron chi connectivity index (χ1n) is 10.6. The molecule has 0 unspecified atom stereocenters. The third-order valence-corrected chi connectivity index (χ3v) is 4.87. The summed E-state index contributed by atoms with van der Waals surface area (Å²) >= 11 is 0. The number of hydrogen-bond acceptors (Lipinski definition) is 7. The molecule has 0 radical (unpaired) electrons. The number of halogens is 2. The van der Waals surface area contributed by atoms with E-state index in [9.17, 15) is 33.4 Å². The number of carbonyl (C=O) groups excluding carboxylic acids is 1.